The van der Waals surface area contributed by atoms with Gasteiger partial charge in [0.1, 0.15) is 13.2 Å². The number of carbonyl (C=O) groups is 1. The Hall–Kier alpha value is -1.75. The Labute approximate surface area is 124 Å². The van der Waals surface area contributed by atoms with Crippen LogP contribution >= 0.6 is 0 Å². The topological polar surface area (TPSA) is 59.0 Å². The van der Waals surface area contributed by atoms with E-state index in [0.717, 1.165) is 44.0 Å². The van der Waals surface area contributed by atoms with E-state index in [9.17, 15) is 4.79 Å². The van der Waals surface area contributed by atoms with Gasteiger partial charge in [-0.2, -0.15) is 0 Å². The minimum absolute atomic E-state index is 0.280. The zero-order valence-corrected chi connectivity index (χ0v) is 12.1. The Morgan fingerprint density at radius 2 is 2.10 bits per heavy atom. The van der Waals surface area contributed by atoms with Crippen molar-refractivity contribution in [1.82, 2.24) is 4.90 Å². The van der Waals surface area contributed by atoms with Crippen LogP contribution in [0.4, 0.5) is 0 Å². The van der Waals surface area contributed by atoms with Crippen LogP contribution in [0, 0.1) is 5.92 Å². The molecule has 1 atom stereocenters. The molecular formula is C16H21NO4. The third kappa shape index (κ3) is 3.67. The molecule has 1 saturated heterocycles. The molecule has 0 bridgehead atoms. The number of benzene rings is 1. The molecule has 1 aromatic carbocycles. The maximum atomic E-state index is 10.6. The maximum Gasteiger partial charge on any atom is 0.303 e. The molecule has 2 heterocycles. The number of carboxylic acids is 1. The molecule has 0 saturated carbocycles. The summed E-state index contributed by atoms with van der Waals surface area (Å²) in [5, 5.41) is 8.75. The first-order chi connectivity index (χ1) is 10.2. The molecule has 0 aromatic heterocycles. The van der Waals surface area contributed by atoms with Gasteiger partial charge in [0.15, 0.2) is 11.5 Å². The Morgan fingerprint density at radius 1 is 1.29 bits per heavy atom. The second-order valence-electron chi connectivity index (χ2n) is 5.80. The Bertz CT molecular complexity index is 517. The first kappa shape index (κ1) is 14.2. The van der Waals surface area contributed by atoms with Crippen LogP contribution in [0.25, 0.3) is 0 Å². The van der Waals surface area contributed by atoms with Crippen molar-refractivity contribution in [3.8, 4) is 11.5 Å². The second kappa shape index (κ2) is 6.35. The van der Waals surface area contributed by atoms with Crippen LogP contribution in [0.5, 0.6) is 11.5 Å². The maximum absolute atomic E-state index is 10.6. The molecular weight excluding hydrogens is 270 g/mol. The van der Waals surface area contributed by atoms with Crippen LogP contribution in [-0.4, -0.2) is 42.3 Å². The summed E-state index contributed by atoms with van der Waals surface area (Å²) in [5.74, 6) is 1.48. The second-order valence-corrected chi connectivity index (χ2v) is 5.80. The molecule has 1 unspecified atom stereocenters. The van der Waals surface area contributed by atoms with E-state index in [1.54, 1.807) is 0 Å². The predicted octanol–water partition coefficient (Wildman–Crippen LogP) is 2.14. The summed E-state index contributed by atoms with van der Waals surface area (Å²) in [4.78, 5) is 13.0. The Balaban J connectivity index is 1.54. The van der Waals surface area contributed by atoms with Crippen molar-refractivity contribution in [2.45, 2.75) is 25.8 Å². The molecule has 0 radical (unpaired) electrons. The van der Waals surface area contributed by atoms with Gasteiger partial charge >= 0.3 is 5.97 Å². The molecule has 2 aliphatic rings. The monoisotopic (exact) mass is 291 g/mol. The number of ether oxygens (including phenoxy) is 2. The zero-order chi connectivity index (χ0) is 14.7. The zero-order valence-electron chi connectivity index (χ0n) is 12.1. The van der Waals surface area contributed by atoms with Crippen molar-refractivity contribution in [3.63, 3.8) is 0 Å². The summed E-state index contributed by atoms with van der Waals surface area (Å²) in [6.45, 7) is 4.14. The minimum Gasteiger partial charge on any atom is -0.486 e. The Kier molecular flexibility index (Phi) is 4.29. The number of likely N-dealkylation sites (tertiary alicyclic amines) is 1. The van der Waals surface area contributed by atoms with Crippen molar-refractivity contribution >= 4 is 5.97 Å². The molecule has 1 aromatic rings. The van der Waals surface area contributed by atoms with E-state index in [1.807, 2.05) is 6.07 Å². The molecule has 2 aliphatic heterocycles. The van der Waals surface area contributed by atoms with E-state index >= 15 is 0 Å². The lowest BCUT2D eigenvalue weighted by molar-refractivity contribution is -0.137. The van der Waals surface area contributed by atoms with E-state index in [-0.39, 0.29) is 6.42 Å². The highest BCUT2D eigenvalue weighted by atomic mass is 16.6. The third-order valence-corrected chi connectivity index (χ3v) is 4.15. The van der Waals surface area contributed by atoms with E-state index in [2.05, 4.69) is 17.0 Å². The first-order valence-electron chi connectivity index (χ1n) is 7.53. The fraction of sp³-hybridized carbons (Fsp3) is 0.562. The number of nitrogens with zero attached hydrogens (tertiary/aromatic N) is 1. The lowest BCUT2D eigenvalue weighted by Gasteiger charge is -2.21. The van der Waals surface area contributed by atoms with Gasteiger partial charge in [0.2, 0.25) is 0 Å². The summed E-state index contributed by atoms with van der Waals surface area (Å²) >= 11 is 0. The Morgan fingerprint density at radius 3 is 2.90 bits per heavy atom. The molecule has 0 aliphatic carbocycles. The molecule has 0 spiro atoms. The quantitative estimate of drug-likeness (QED) is 0.900. The van der Waals surface area contributed by atoms with Gasteiger partial charge in [0.25, 0.3) is 0 Å². The summed E-state index contributed by atoms with van der Waals surface area (Å²) in [6.07, 6.45) is 2.16. The largest absolute Gasteiger partial charge is 0.486 e. The molecule has 21 heavy (non-hydrogen) atoms. The van der Waals surface area contributed by atoms with Crippen LogP contribution in [0.1, 0.15) is 24.8 Å². The molecule has 1 N–H and O–H groups in total. The fourth-order valence-corrected chi connectivity index (χ4v) is 3.06. The van der Waals surface area contributed by atoms with Crippen molar-refractivity contribution < 1.29 is 19.4 Å². The first-order valence-corrected chi connectivity index (χ1v) is 7.53. The van der Waals surface area contributed by atoms with Gasteiger partial charge in [-0.3, -0.25) is 9.69 Å². The van der Waals surface area contributed by atoms with Crippen LogP contribution in [-0.2, 0) is 11.3 Å². The minimum atomic E-state index is -0.694. The number of fused-ring (bicyclic) bond motifs is 1. The highest BCUT2D eigenvalue weighted by molar-refractivity contribution is 5.66. The molecule has 3 rings (SSSR count). The standard InChI is InChI=1S/C16H21NO4/c18-16(19)4-2-12-5-6-17(10-12)11-13-1-3-14-15(9-13)21-8-7-20-14/h1,3,9,12H,2,4-8,10-11H2,(H,18,19). The molecule has 1 fully saturated rings. The van der Waals surface area contributed by atoms with Crippen molar-refractivity contribution in [1.29, 1.82) is 0 Å². The van der Waals surface area contributed by atoms with Gasteiger partial charge in [-0.1, -0.05) is 6.07 Å². The van der Waals surface area contributed by atoms with Crippen LogP contribution < -0.4 is 9.47 Å². The van der Waals surface area contributed by atoms with E-state index < -0.39 is 5.97 Å². The van der Waals surface area contributed by atoms with Crippen LogP contribution in [0.3, 0.4) is 0 Å². The predicted molar refractivity (Wildman–Crippen MR) is 77.7 cm³/mol. The fourth-order valence-electron chi connectivity index (χ4n) is 3.06. The van der Waals surface area contributed by atoms with E-state index in [1.165, 1.54) is 5.56 Å². The number of carboxylic acid groups (broad SMARTS) is 1. The van der Waals surface area contributed by atoms with Crippen molar-refractivity contribution in [3.05, 3.63) is 23.8 Å². The van der Waals surface area contributed by atoms with Gasteiger partial charge < -0.3 is 14.6 Å². The van der Waals surface area contributed by atoms with Gasteiger partial charge in [-0.05, 0) is 43.0 Å². The average Bonchev–Trinajstić information content (AvgIpc) is 2.92. The van der Waals surface area contributed by atoms with E-state index in [0.29, 0.717) is 19.1 Å². The summed E-state index contributed by atoms with van der Waals surface area (Å²) in [5.41, 5.74) is 1.22. The van der Waals surface area contributed by atoms with Gasteiger partial charge in [-0.15, -0.1) is 0 Å². The lowest BCUT2D eigenvalue weighted by atomic mass is 10.0. The lowest BCUT2D eigenvalue weighted by Crippen LogP contribution is -2.21. The third-order valence-electron chi connectivity index (χ3n) is 4.15. The SMILES string of the molecule is O=C(O)CCC1CCN(Cc2ccc3c(c2)OCCO3)C1. The number of hydrogen-bond acceptors (Lipinski definition) is 4. The van der Waals surface area contributed by atoms with Gasteiger partial charge in [0.05, 0.1) is 0 Å². The molecule has 5 heteroatoms. The summed E-state index contributed by atoms with van der Waals surface area (Å²) < 4.78 is 11.1. The van der Waals surface area contributed by atoms with Crippen LogP contribution in [0.15, 0.2) is 18.2 Å². The highest BCUT2D eigenvalue weighted by Gasteiger charge is 2.23. The smallest absolute Gasteiger partial charge is 0.303 e. The van der Waals surface area contributed by atoms with Gasteiger partial charge in [-0.25, -0.2) is 0 Å². The van der Waals surface area contributed by atoms with E-state index in [4.69, 9.17) is 14.6 Å². The normalized spacial score (nSPS) is 21.4. The number of rotatable bonds is 5. The van der Waals surface area contributed by atoms with Gasteiger partial charge in [0, 0.05) is 19.5 Å². The molecule has 0 amide bonds. The number of hydrogen-bond donors (Lipinski definition) is 1. The van der Waals surface area contributed by atoms with Crippen LogP contribution in [0.2, 0.25) is 0 Å². The average molecular weight is 291 g/mol. The van der Waals surface area contributed by atoms with Crippen molar-refractivity contribution in [2.24, 2.45) is 5.92 Å². The van der Waals surface area contributed by atoms with Crippen molar-refractivity contribution in [2.75, 3.05) is 26.3 Å². The summed E-state index contributed by atoms with van der Waals surface area (Å²) in [7, 11) is 0. The molecule has 114 valence electrons. The molecule has 5 nitrogen and oxygen atoms in total. The summed E-state index contributed by atoms with van der Waals surface area (Å²) in [6, 6.07) is 6.11. The highest BCUT2D eigenvalue weighted by Crippen LogP contribution is 2.32. The number of aliphatic carboxylic acids is 1.